The van der Waals surface area contributed by atoms with E-state index in [9.17, 15) is 5.11 Å². The molecule has 2 aromatic heterocycles. The van der Waals surface area contributed by atoms with E-state index < -0.39 is 6.10 Å². The number of fused-ring (bicyclic) bond motifs is 1. The summed E-state index contributed by atoms with van der Waals surface area (Å²) in [6.07, 6.45) is 0.790. The maximum atomic E-state index is 10.4. The van der Waals surface area contributed by atoms with Gasteiger partial charge in [-0.25, -0.2) is 0 Å². The lowest BCUT2D eigenvalue weighted by molar-refractivity contribution is 0.187. The highest BCUT2D eigenvalue weighted by Crippen LogP contribution is 2.29. The molecule has 3 rings (SSSR count). The number of aliphatic hydroxyl groups excluding tert-OH is 1. The van der Waals surface area contributed by atoms with Gasteiger partial charge >= 0.3 is 0 Å². The Morgan fingerprint density at radius 3 is 2.89 bits per heavy atom. The summed E-state index contributed by atoms with van der Waals surface area (Å²) in [6.45, 7) is 1.91. The Morgan fingerprint density at radius 1 is 1.26 bits per heavy atom. The molecule has 1 atom stereocenters. The van der Waals surface area contributed by atoms with Crippen LogP contribution in [0.3, 0.4) is 0 Å². The van der Waals surface area contributed by atoms with Gasteiger partial charge in [0.05, 0.1) is 5.69 Å². The molecule has 2 heterocycles. The largest absolute Gasteiger partial charge is 0.458 e. The van der Waals surface area contributed by atoms with E-state index in [0.29, 0.717) is 22.1 Å². The average Bonchev–Trinajstić information content (AvgIpc) is 2.81. The molecule has 0 aliphatic carbocycles. The van der Waals surface area contributed by atoms with E-state index in [1.165, 1.54) is 0 Å². The highest BCUT2D eigenvalue weighted by atomic mass is 35.5. The fourth-order valence-corrected chi connectivity index (χ4v) is 2.27. The number of hydrogen-bond acceptors (Lipinski definition) is 3. The van der Waals surface area contributed by atoms with Crippen LogP contribution in [0.4, 0.5) is 0 Å². The van der Waals surface area contributed by atoms with Gasteiger partial charge in [0.1, 0.15) is 11.3 Å². The molecule has 0 amide bonds. The van der Waals surface area contributed by atoms with E-state index in [1.807, 2.05) is 25.1 Å². The molecule has 0 aliphatic heterocycles. The van der Waals surface area contributed by atoms with Crippen molar-refractivity contribution in [2.24, 2.45) is 0 Å². The van der Waals surface area contributed by atoms with Gasteiger partial charge in [-0.3, -0.25) is 4.98 Å². The first-order chi connectivity index (χ1) is 9.15. The van der Waals surface area contributed by atoms with Gasteiger partial charge in [-0.15, -0.1) is 0 Å². The van der Waals surface area contributed by atoms with E-state index in [1.54, 1.807) is 24.4 Å². The first-order valence-electron chi connectivity index (χ1n) is 5.94. The molecule has 0 spiro atoms. The van der Waals surface area contributed by atoms with Crippen molar-refractivity contribution in [3.8, 4) is 0 Å². The molecule has 0 saturated heterocycles. The number of benzene rings is 1. The smallest absolute Gasteiger partial charge is 0.154 e. The second kappa shape index (κ2) is 4.68. The van der Waals surface area contributed by atoms with Crippen LogP contribution in [-0.2, 0) is 0 Å². The summed E-state index contributed by atoms with van der Waals surface area (Å²) in [5, 5.41) is 11.9. The van der Waals surface area contributed by atoms with Crippen molar-refractivity contribution < 1.29 is 9.52 Å². The minimum absolute atomic E-state index is 0.471. The Morgan fingerprint density at radius 2 is 2.11 bits per heavy atom. The van der Waals surface area contributed by atoms with Crippen LogP contribution in [0.2, 0.25) is 5.02 Å². The molecule has 3 nitrogen and oxygen atoms in total. The molecule has 4 heteroatoms. The zero-order valence-electron chi connectivity index (χ0n) is 10.3. The lowest BCUT2D eigenvalue weighted by Crippen LogP contribution is -2.03. The average molecular weight is 274 g/mol. The highest BCUT2D eigenvalue weighted by molar-refractivity contribution is 6.31. The van der Waals surface area contributed by atoms with Crippen molar-refractivity contribution in [3.63, 3.8) is 0 Å². The van der Waals surface area contributed by atoms with Crippen LogP contribution in [-0.4, -0.2) is 10.1 Å². The molecule has 19 heavy (non-hydrogen) atoms. The number of nitrogens with zero attached hydrogens (tertiary/aromatic N) is 1. The first-order valence-corrected chi connectivity index (χ1v) is 6.31. The Hall–Kier alpha value is -1.84. The summed E-state index contributed by atoms with van der Waals surface area (Å²) < 4.78 is 5.65. The van der Waals surface area contributed by atoms with Gasteiger partial charge in [0.25, 0.3) is 0 Å². The van der Waals surface area contributed by atoms with Crippen molar-refractivity contribution >= 4 is 22.6 Å². The molecule has 0 aliphatic rings. The predicted molar refractivity (Wildman–Crippen MR) is 74.3 cm³/mol. The van der Waals surface area contributed by atoms with Crippen molar-refractivity contribution in [1.82, 2.24) is 4.98 Å². The lowest BCUT2D eigenvalue weighted by atomic mass is 10.1. The van der Waals surface area contributed by atoms with Crippen LogP contribution in [0.1, 0.15) is 23.1 Å². The normalized spacial score (nSPS) is 12.8. The number of pyridine rings is 1. The third-order valence-corrected chi connectivity index (χ3v) is 3.31. The number of halogens is 1. The summed E-state index contributed by atoms with van der Waals surface area (Å²) in [6, 6.07) is 10.9. The van der Waals surface area contributed by atoms with Gasteiger partial charge in [-0.2, -0.15) is 0 Å². The molecule has 96 valence electrons. The first kappa shape index (κ1) is 12.2. The van der Waals surface area contributed by atoms with Crippen LogP contribution < -0.4 is 0 Å². The predicted octanol–water partition coefficient (Wildman–Crippen LogP) is 3.87. The van der Waals surface area contributed by atoms with E-state index in [4.69, 9.17) is 16.0 Å². The number of furan rings is 1. The molecule has 0 bridgehead atoms. The number of aryl methyl sites for hydroxylation is 1. The van der Waals surface area contributed by atoms with Crippen molar-refractivity contribution in [3.05, 3.63) is 64.6 Å². The molecule has 1 N–H and O–H groups in total. The molecular formula is C15H12ClNO2. The van der Waals surface area contributed by atoms with Crippen molar-refractivity contribution in [2.45, 2.75) is 13.0 Å². The quantitative estimate of drug-likeness (QED) is 0.771. The maximum Gasteiger partial charge on any atom is 0.154 e. The van der Waals surface area contributed by atoms with Crippen LogP contribution in [0.25, 0.3) is 11.0 Å². The van der Waals surface area contributed by atoms with Gasteiger partial charge in [-0.05, 0) is 42.8 Å². The summed E-state index contributed by atoms with van der Waals surface area (Å²) >= 11 is 5.93. The van der Waals surface area contributed by atoms with Gasteiger partial charge in [0.2, 0.25) is 0 Å². The SMILES string of the molecule is Cc1cccnc1C(O)c1cc2cc(Cl)ccc2o1. The van der Waals surface area contributed by atoms with Crippen molar-refractivity contribution in [1.29, 1.82) is 0 Å². The zero-order chi connectivity index (χ0) is 13.4. The Balaban J connectivity index is 2.07. The van der Waals surface area contributed by atoms with Crippen LogP contribution in [0.5, 0.6) is 0 Å². The maximum absolute atomic E-state index is 10.4. The van der Waals surface area contributed by atoms with Gasteiger partial charge in [0, 0.05) is 16.6 Å². The number of aromatic nitrogens is 1. The zero-order valence-corrected chi connectivity index (χ0v) is 11.1. The van der Waals surface area contributed by atoms with Crippen LogP contribution >= 0.6 is 11.6 Å². The van der Waals surface area contributed by atoms with Crippen LogP contribution in [0, 0.1) is 6.92 Å². The third kappa shape index (κ3) is 2.23. The molecule has 0 saturated carbocycles. The van der Waals surface area contributed by atoms with Crippen LogP contribution in [0.15, 0.2) is 47.0 Å². The molecule has 1 aromatic carbocycles. The van der Waals surface area contributed by atoms with Gasteiger partial charge in [0.15, 0.2) is 6.10 Å². The van der Waals surface area contributed by atoms with E-state index in [2.05, 4.69) is 4.98 Å². The Labute approximate surface area is 115 Å². The number of aliphatic hydroxyl groups is 1. The second-order valence-electron chi connectivity index (χ2n) is 4.44. The molecule has 1 unspecified atom stereocenters. The molecule has 3 aromatic rings. The topological polar surface area (TPSA) is 46.3 Å². The van der Waals surface area contributed by atoms with E-state index in [0.717, 1.165) is 10.9 Å². The second-order valence-corrected chi connectivity index (χ2v) is 4.88. The number of hydrogen-bond donors (Lipinski definition) is 1. The van der Waals surface area contributed by atoms with Gasteiger partial charge in [-0.1, -0.05) is 17.7 Å². The molecular weight excluding hydrogens is 262 g/mol. The number of rotatable bonds is 2. The fourth-order valence-electron chi connectivity index (χ4n) is 2.09. The summed E-state index contributed by atoms with van der Waals surface area (Å²) in [7, 11) is 0. The van der Waals surface area contributed by atoms with E-state index in [-0.39, 0.29) is 0 Å². The summed E-state index contributed by atoms with van der Waals surface area (Å²) in [5.74, 6) is 0.471. The Kier molecular flexibility index (Phi) is 3.01. The summed E-state index contributed by atoms with van der Waals surface area (Å²) in [4.78, 5) is 4.21. The molecule has 0 radical (unpaired) electrons. The third-order valence-electron chi connectivity index (χ3n) is 3.08. The minimum Gasteiger partial charge on any atom is -0.458 e. The fraction of sp³-hybridized carbons (Fsp3) is 0.133. The van der Waals surface area contributed by atoms with E-state index >= 15 is 0 Å². The highest BCUT2D eigenvalue weighted by Gasteiger charge is 2.18. The van der Waals surface area contributed by atoms with Crippen molar-refractivity contribution in [2.75, 3.05) is 0 Å². The minimum atomic E-state index is -0.868. The summed E-state index contributed by atoms with van der Waals surface area (Å²) in [5.41, 5.74) is 2.23. The monoisotopic (exact) mass is 273 g/mol. The standard InChI is InChI=1S/C15H12ClNO2/c1-9-3-2-6-17-14(9)15(18)13-8-10-7-11(16)4-5-12(10)19-13/h2-8,15,18H,1H3. The molecule has 0 fully saturated rings. The van der Waals surface area contributed by atoms with Gasteiger partial charge < -0.3 is 9.52 Å². The lowest BCUT2D eigenvalue weighted by Gasteiger charge is -2.09. The Bertz CT molecular complexity index is 736.